The second-order valence-corrected chi connectivity index (χ2v) is 7.49. The molecule has 4 rings (SSSR count). The van der Waals surface area contributed by atoms with Crippen LogP contribution < -0.4 is 10.2 Å². The van der Waals surface area contributed by atoms with Crippen molar-refractivity contribution < 1.29 is 18.7 Å². The maximum Gasteiger partial charge on any atom is 0.290 e. The lowest BCUT2D eigenvalue weighted by Gasteiger charge is -2.25. The Balaban J connectivity index is 1.90. The van der Waals surface area contributed by atoms with Gasteiger partial charge in [0.2, 0.25) is 5.76 Å². The van der Waals surface area contributed by atoms with E-state index in [2.05, 4.69) is 0 Å². The minimum atomic E-state index is -0.547. The zero-order valence-corrected chi connectivity index (χ0v) is 17.4. The van der Waals surface area contributed by atoms with E-state index in [4.69, 9.17) is 13.9 Å². The number of carbonyl (C=O) groups is 1. The van der Waals surface area contributed by atoms with Gasteiger partial charge in [-0.2, -0.15) is 0 Å². The Kier molecular flexibility index (Phi) is 5.59. The lowest BCUT2D eigenvalue weighted by atomic mass is 9.98. The van der Waals surface area contributed by atoms with E-state index < -0.39 is 6.04 Å². The van der Waals surface area contributed by atoms with Crippen molar-refractivity contribution in [2.45, 2.75) is 26.3 Å². The molecule has 0 fully saturated rings. The number of amides is 1. The summed E-state index contributed by atoms with van der Waals surface area (Å²) in [7, 11) is 1.59. The zero-order valence-electron chi connectivity index (χ0n) is 17.4. The average Bonchev–Trinajstić information content (AvgIpc) is 3.03. The number of aryl methyl sites for hydroxylation is 1. The van der Waals surface area contributed by atoms with E-state index in [1.165, 1.54) is 0 Å². The average molecular weight is 407 g/mol. The van der Waals surface area contributed by atoms with Crippen LogP contribution in [0.15, 0.2) is 51.7 Å². The highest BCUT2D eigenvalue weighted by Crippen LogP contribution is 2.38. The summed E-state index contributed by atoms with van der Waals surface area (Å²) in [6.45, 7) is 5.27. The number of benzene rings is 2. The summed E-state index contributed by atoms with van der Waals surface area (Å²) in [5.41, 5.74) is 2.40. The van der Waals surface area contributed by atoms with E-state index in [0.717, 1.165) is 17.5 Å². The Morgan fingerprint density at radius 1 is 1.10 bits per heavy atom. The van der Waals surface area contributed by atoms with Gasteiger partial charge in [-0.05, 0) is 43.2 Å². The van der Waals surface area contributed by atoms with Crippen LogP contribution in [0, 0.1) is 6.92 Å². The molecular weight excluding hydrogens is 382 g/mol. The van der Waals surface area contributed by atoms with Crippen LogP contribution in [0.5, 0.6) is 5.75 Å². The Morgan fingerprint density at radius 3 is 2.70 bits per heavy atom. The molecule has 1 aromatic heterocycles. The highest BCUT2D eigenvalue weighted by atomic mass is 16.5. The monoisotopic (exact) mass is 407 g/mol. The molecule has 30 heavy (non-hydrogen) atoms. The summed E-state index contributed by atoms with van der Waals surface area (Å²) < 4.78 is 16.9. The smallest absolute Gasteiger partial charge is 0.290 e. The molecule has 1 aliphatic heterocycles. The van der Waals surface area contributed by atoms with Crippen molar-refractivity contribution in [1.82, 2.24) is 4.90 Å². The van der Waals surface area contributed by atoms with E-state index >= 15 is 0 Å². The predicted molar refractivity (Wildman–Crippen MR) is 114 cm³/mol. The SMILES string of the molecule is CCCOc1cccc([C@H]2c3c(oc4ccc(C)cc4c3=O)C(=O)N2CCOC)c1. The minimum absolute atomic E-state index is 0.109. The van der Waals surface area contributed by atoms with Crippen molar-refractivity contribution in [2.75, 3.05) is 26.9 Å². The van der Waals surface area contributed by atoms with Crippen molar-refractivity contribution in [3.05, 3.63) is 75.1 Å². The third-order valence-corrected chi connectivity index (χ3v) is 5.30. The van der Waals surface area contributed by atoms with Gasteiger partial charge < -0.3 is 18.8 Å². The van der Waals surface area contributed by atoms with Crippen LogP contribution in [0.3, 0.4) is 0 Å². The highest BCUT2D eigenvalue weighted by Gasteiger charge is 2.42. The molecule has 1 amide bonds. The van der Waals surface area contributed by atoms with Gasteiger partial charge in [0.15, 0.2) is 5.43 Å². The molecule has 0 N–H and O–H groups in total. The normalized spacial score (nSPS) is 15.6. The van der Waals surface area contributed by atoms with E-state index in [1.807, 2.05) is 50.2 Å². The van der Waals surface area contributed by atoms with Crippen LogP contribution in [0.25, 0.3) is 11.0 Å². The van der Waals surface area contributed by atoms with Gasteiger partial charge in [-0.25, -0.2) is 0 Å². The van der Waals surface area contributed by atoms with Gasteiger partial charge in [0.1, 0.15) is 11.3 Å². The largest absolute Gasteiger partial charge is 0.494 e. The molecule has 0 bridgehead atoms. The Hall–Kier alpha value is -3.12. The predicted octanol–water partition coefficient (Wildman–Crippen LogP) is 4.08. The Morgan fingerprint density at radius 2 is 1.93 bits per heavy atom. The molecule has 0 aliphatic carbocycles. The van der Waals surface area contributed by atoms with Crippen LogP contribution in [0.1, 0.15) is 46.6 Å². The summed E-state index contributed by atoms with van der Waals surface area (Å²) in [4.78, 5) is 28.3. The summed E-state index contributed by atoms with van der Waals surface area (Å²) in [6.07, 6.45) is 0.893. The number of carbonyl (C=O) groups excluding carboxylic acids is 1. The fourth-order valence-corrected chi connectivity index (χ4v) is 3.90. The lowest BCUT2D eigenvalue weighted by Crippen LogP contribution is -2.32. The number of rotatable bonds is 7. The maximum atomic E-state index is 13.5. The molecule has 0 spiro atoms. The van der Waals surface area contributed by atoms with E-state index in [1.54, 1.807) is 18.1 Å². The molecule has 6 nitrogen and oxygen atoms in total. The van der Waals surface area contributed by atoms with Gasteiger partial charge in [0.25, 0.3) is 5.91 Å². The first-order chi connectivity index (χ1) is 14.5. The van der Waals surface area contributed by atoms with Gasteiger partial charge in [0, 0.05) is 13.7 Å². The number of hydrogen-bond acceptors (Lipinski definition) is 5. The van der Waals surface area contributed by atoms with Crippen molar-refractivity contribution >= 4 is 16.9 Å². The summed E-state index contributed by atoms with van der Waals surface area (Å²) in [5.74, 6) is 0.520. The van der Waals surface area contributed by atoms with E-state index in [-0.39, 0.29) is 17.1 Å². The molecule has 1 atom stereocenters. The van der Waals surface area contributed by atoms with Crippen molar-refractivity contribution in [2.24, 2.45) is 0 Å². The summed E-state index contributed by atoms with van der Waals surface area (Å²) in [6, 6.07) is 12.4. The van der Waals surface area contributed by atoms with Crippen molar-refractivity contribution in [3.63, 3.8) is 0 Å². The van der Waals surface area contributed by atoms with Crippen LogP contribution in [-0.4, -0.2) is 37.7 Å². The molecule has 0 unspecified atom stereocenters. The molecule has 2 heterocycles. The van der Waals surface area contributed by atoms with Gasteiger partial charge in [-0.15, -0.1) is 0 Å². The molecule has 0 saturated carbocycles. The molecule has 3 aromatic rings. The fourth-order valence-electron chi connectivity index (χ4n) is 3.90. The third kappa shape index (κ3) is 3.48. The van der Waals surface area contributed by atoms with Crippen LogP contribution >= 0.6 is 0 Å². The fraction of sp³-hybridized carbons (Fsp3) is 0.333. The van der Waals surface area contributed by atoms with Gasteiger partial charge in [-0.1, -0.05) is 30.7 Å². The first-order valence-corrected chi connectivity index (χ1v) is 10.1. The molecule has 156 valence electrons. The minimum Gasteiger partial charge on any atom is -0.494 e. The molecular formula is C24H25NO5. The topological polar surface area (TPSA) is 69.0 Å². The zero-order chi connectivity index (χ0) is 21.3. The molecule has 1 aliphatic rings. The molecule has 2 aromatic carbocycles. The number of nitrogens with zero attached hydrogens (tertiary/aromatic N) is 1. The molecule has 0 saturated heterocycles. The number of ether oxygens (including phenoxy) is 2. The first kappa shape index (κ1) is 20.2. The molecule has 6 heteroatoms. The van der Waals surface area contributed by atoms with Crippen LogP contribution in [0.4, 0.5) is 0 Å². The van der Waals surface area contributed by atoms with Crippen molar-refractivity contribution in [1.29, 1.82) is 0 Å². The lowest BCUT2D eigenvalue weighted by molar-refractivity contribution is 0.0663. The van der Waals surface area contributed by atoms with Crippen LogP contribution in [-0.2, 0) is 4.74 Å². The summed E-state index contributed by atoms with van der Waals surface area (Å²) >= 11 is 0. The van der Waals surface area contributed by atoms with E-state index in [0.29, 0.717) is 42.0 Å². The number of hydrogen-bond donors (Lipinski definition) is 0. The van der Waals surface area contributed by atoms with Gasteiger partial charge >= 0.3 is 0 Å². The summed E-state index contributed by atoms with van der Waals surface area (Å²) in [5, 5.41) is 0.485. The Labute approximate surface area is 175 Å². The van der Waals surface area contributed by atoms with Crippen molar-refractivity contribution in [3.8, 4) is 5.75 Å². The maximum absolute atomic E-state index is 13.5. The Bertz CT molecular complexity index is 1150. The number of methoxy groups -OCH3 is 1. The third-order valence-electron chi connectivity index (χ3n) is 5.30. The first-order valence-electron chi connectivity index (χ1n) is 10.1. The second-order valence-electron chi connectivity index (χ2n) is 7.49. The number of fused-ring (bicyclic) bond motifs is 2. The quantitative estimate of drug-likeness (QED) is 0.590. The van der Waals surface area contributed by atoms with Crippen LogP contribution in [0.2, 0.25) is 0 Å². The molecule has 0 radical (unpaired) electrons. The second kappa shape index (κ2) is 8.32. The highest BCUT2D eigenvalue weighted by molar-refractivity contribution is 5.99. The standard InChI is InChI=1S/C24H25NO5/c1-4-11-29-17-7-5-6-16(14-17)21-20-22(26)18-13-15(2)8-9-19(18)30-23(20)24(27)25(21)10-12-28-3/h5-9,13-14,21H,4,10-12H2,1-3H3/t21-/m0/s1. The van der Waals surface area contributed by atoms with Gasteiger partial charge in [-0.3, -0.25) is 9.59 Å². The van der Waals surface area contributed by atoms with E-state index in [9.17, 15) is 9.59 Å². The van der Waals surface area contributed by atoms with Gasteiger partial charge in [0.05, 0.1) is 30.2 Å².